The van der Waals surface area contributed by atoms with E-state index in [4.69, 9.17) is 0 Å². The molecule has 0 saturated carbocycles. The van der Waals surface area contributed by atoms with Gasteiger partial charge in [0.2, 0.25) is 0 Å². The Labute approximate surface area is 61.8 Å². The zero-order chi connectivity index (χ0) is 8.20. The summed E-state index contributed by atoms with van der Waals surface area (Å²) >= 11 is 0. The highest BCUT2D eigenvalue weighted by atomic mass is 16.5. The molecule has 1 atom stereocenters. The number of carbonyl (C=O) groups excluding carboxylic acids is 1. The van der Waals surface area contributed by atoms with Crippen LogP contribution in [0.5, 0.6) is 0 Å². The molecule has 0 heterocycles. The smallest absolute Gasteiger partial charge is 0.419 e. The fraction of sp³-hybridized carbons (Fsp3) is 0.857. The minimum Gasteiger partial charge on any atom is -0.438 e. The van der Waals surface area contributed by atoms with Crippen LogP contribution in [-0.2, 0) is 9.53 Å². The zero-order valence-electron chi connectivity index (χ0n) is 6.89. The van der Waals surface area contributed by atoms with Crippen LogP contribution in [-0.4, -0.2) is 18.2 Å². The van der Waals surface area contributed by atoms with Gasteiger partial charge in [0.15, 0.2) is 6.23 Å². The summed E-state index contributed by atoms with van der Waals surface area (Å²) in [4.78, 5) is 9.71. The molecule has 3 heteroatoms. The second-order valence-electron chi connectivity index (χ2n) is 3.24. The molecule has 1 unspecified atom stereocenters. The summed E-state index contributed by atoms with van der Waals surface area (Å²) in [5, 5.41) is 3.04. The molecule has 10 heavy (non-hydrogen) atoms. The summed E-state index contributed by atoms with van der Waals surface area (Å²) in [6.07, 6.45) is -0.266. The second-order valence-corrected chi connectivity index (χ2v) is 3.24. The third-order valence-electron chi connectivity index (χ3n) is 0.861. The summed E-state index contributed by atoms with van der Waals surface area (Å²) in [5.74, 6) is 0. The quantitative estimate of drug-likeness (QED) is 0.595. The van der Waals surface area contributed by atoms with Crippen molar-refractivity contribution >= 4 is 6.47 Å². The van der Waals surface area contributed by atoms with Gasteiger partial charge in [-0.1, -0.05) is 0 Å². The van der Waals surface area contributed by atoms with Gasteiger partial charge in [-0.05, 0) is 27.7 Å². The van der Waals surface area contributed by atoms with Crippen LogP contribution in [0, 0.1) is 0 Å². The molecule has 1 radical (unpaired) electrons. The Hall–Kier alpha value is -0.570. The zero-order valence-corrected chi connectivity index (χ0v) is 6.89. The third kappa shape index (κ3) is 5.56. The number of hydrogen-bond acceptors (Lipinski definition) is 3. The van der Waals surface area contributed by atoms with E-state index in [2.05, 4.69) is 10.1 Å². The molecule has 0 fully saturated rings. The molecule has 3 nitrogen and oxygen atoms in total. The van der Waals surface area contributed by atoms with Crippen LogP contribution in [0.15, 0.2) is 0 Å². The van der Waals surface area contributed by atoms with Gasteiger partial charge in [-0.2, -0.15) is 0 Å². The van der Waals surface area contributed by atoms with Crippen LogP contribution in [0.2, 0.25) is 0 Å². The highest BCUT2D eigenvalue weighted by Gasteiger charge is 2.13. The van der Waals surface area contributed by atoms with E-state index >= 15 is 0 Å². The molecule has 0 amide bonds. The average Bonchev–Trinajstić information content (AvgIpc) is 1.59. The summed E-state index contributed by atoms with van der Waals surface area (Å²) in [5.41, 5.74) is -0.0315. The predicted octanol–water partition coefficient (Wildman–Crippen LogP) is 0.804. The van der Waals surface area contributed by atoms with Crippen molar-refractivity contribution in [3.63, 3.8) is 0 Å². The maximum absolute atomic E-state index is 9.71. The van der Waals surface area contributed by atoms with E-state index in [0.29, 0.717) is 0 Å². The van der Waals surface area contributed by atoms with Crippen molar-refractivity contribution in [1.29, 1.82) is 0 Å². The molecular formula is C7H14NO2. The van der Waals surface area contributed by atoms with Gasteiger partial charge in [0.25, 0.3) is 0 Å². The lowest BCUT2D eigenvalue weighted by molar-refractivity contribution is 0.129. The minimum absolute atomic E-state index is 0.0315. The summed E-state index contributed by atoms with van der Waals surface area (Å²) < 4.78 is 4.50. The van der Waals surface area contributed by atoms with E-state index in [1.54, 1.807) is 6.92 Å². The summed E-state index contributed by atoms with van der Waals surface area (Å²) in [6, 6.07) is 0. The van der Waals surface area contributed by atoms with Crippen LogP contribution < -0.4 is 5.32 Å². The Morgan fingerprint density at radius 2 is 2.00 bits per heavy atom. The lowest BCUT2D eigenvalue weighted by Gasteiger charge is -2.24. The monoisotopic (exact) mass is 144 g/mol. The first-order chi connectivity index (χ1) is 4.45. The maximum atomic E-state index is 9.71. The van der Waals surface area contributed by atoms with Crippen LogP contribution >= 0.6 is 0 Å². The molecule has 59 valence electrons. The minimum atomic E-state index is -0.266. The Balaban J connectivity index is 3.56. The fourth-order valence-electron chi connectivity index (χ4n) is 0.711. The molecular weight excluding hydrogens is 130 g/mol. The van der Waals surface area contributed by atoms with Gasteiger partial charge in [-0.3, -0.25) is 5.32 Å². The first-order valence-corrected chi connectivity index (χ1v) is 3.26. The molecule has 0 aliphatic carbocycles. The Bertz CT molecular complexity index is 107. The van der Waals surface area contributed by atoms with Crippen molar-refractivity contribution in [2.75, 3.05) is 0 Å². The molecule has 0 spiro atoms. The third-order valence-corrected chi connectivity index (χ3v) is 0.861. The van der Waals surface area contributed by atoms with Crippen molar-refractivity contribution in [2.24, 2.45) is 0 Å². The van der Waals surface area contributed by atoms with E-state index < -0.39 is 0 Å². The van der Waals surface area contributed by atoms with Crippen molar-refractivity contribution in [3.8, 4) is 0 Å². The highest BCUT2D eigenvalue weighted by Crippen LogP contribution is 2.00. The van der Waals surface area contributed by atoms with Gasteiger partial charge in [-0.15, -0.1) is 0 Å². The Morgan fingerprint density at radius 3 is 2.30 bits per heavy atom. The SMILES string of the molecule is CC(NC(C)(C)C)O[C]=O. The summed E-state index contributed by atoms with van der Waals surface area (Å²) in [7, 11) is 0. The predicted molar refractivity (Wildman–Crippen MR) is 39.1 cm³/mol. The Morgan fingerprint density at radius 1 is 1.50 bits per heavy atom. The van der Waals surface area contributed by atoms with Gasteiger partial charge < -0.3 is 4.74 Å². The van der Waals surface area contributed by atoms with Crippen LogP contribution in [0.25, 0.3) is 0 Å². The van der Waals surface area contributed by atoms with Crippen molar-refractivity contribution in [1.82, 2.24) is 5.32 Å². The van der Waals surface area contributed by atoms with Gasteiger partial charge >= 0.3 is 6.47 Å². The molecule has 0 aliphatic heterocycles. The van der Waals surface area contributed by atoms with E-state index in [-0.39, 0.29) is 11.8 Å². The number of rotatable bonds is 3. The van der Waals surface area contributed by atoms with Gasteiger partial charge in [0.05, 0.1) is 0 Å². The molecule has 0 rings (SSSR count). The standard InChI is InChI=1S/C7H14NO2/c1-6(10-5-9)8-7(2,3)4/h6,8H,1-4H3. The lowest BCUT2D eigenvalue weighted by atomic mass is 10.1. The first-order valence-electron chi connectivity index (χ1n) is 3.26. The average molecular weight is 144 g/mol. The maximum Gasteiger partial charge on any atom is 0.419 e. The number of hydrogen-bond donors (Lipinski definition) is 1. The molecule has 0 aromatic carbocycles. The fourth-order valence-corrected chi connectivity index (χ4v) is 0.711. The van der Waals surface area contributed by atoms with Crippen LogP contribution in [0.4, 0.5) is 0 Å². The van der Waals surface area contributed by atoms with Crippen molar-refractivity contribution < 1.29 is 9.53 Å². The number of nitrogens with one attached hydrogen (secondary N) is 1. The van der Waals surface area contributed by atoms with Crippen molar-refractivity contribution in [2.45, 2.75) is 39.5 Å². The van der Waals surface area contributed by atoms with Gasteiger partial charge in [-0.25, -0.2) is 4.79 Å². The Kier molecular flexibility index (Phi) is 3.36. The molecule has 1 N–H and O–H groups in total. The van der Waals surface area contributed by atoms with E-state index in [0.717, 1.165) is 0 Å². The summed E-state index contributed by atoms with van der Waals surface area (Å²) in [6.45, 7) is 9.13. The topological polar surface area (TPSA) is 38.3 Å². The van der Waals surface area contributed by atoms with Crippen LogP contribution in [0.3, 0.4) is 0 Å². The van der Waals surface area contributed by atoms with Crippen molar-refractivity contribution in [3.05, 3.63) is 0 Å². The highest BCUT2D eigenvalue weighted by molar-refractivity contribution is 5.38. The first kappa shape index (κ1) is 9.43. The normalized spacial score (nSPS) is 14.4. The molecule has 0 saturated heterocycles. The molecule has 0 aliphatic rings. The van der Waals surface area contributed by atoms with E-state index in [1.165, 1.54) is 6.47 Å². The van der Waals surface area contributed by atoms with E-state index in [1.807, 2.05) is 20.8 Å². The molecule has 0 bridgehead atoms. The number of ether oxygens (including phenoxy) is 1. The lowest BCUT2D eigenvalue weighted by Crippen LogP contribution is -2.43. The molecule has 0 aromatic heterocycles. The van der Waals surface area contributed by atoms with Gasteiger partial charge in [0, 0.05) is 5.54 Å². The molecule has 0 aromatic rings. The van der Waals surface area contributed by atoms with Gasteiger partial charge in [0.1, 0.15) is 0 Å². The van der Waals surface area contributed by atoms with Crippen LogP contribution in [0.1, 0.15) is 27.7 Å². The van der Waals surface area contributed by atoms with E-state index in [9.17, 15) is 4.79 Å². The second kappa shape index (κ2) is 3.56. The largest absolute Gasteiger partial charge is 0.438 e.